The van der Waals surface area contributed by atoms with Crippen molar-refractivity contribution in [1.82, 2.24) is 4.90 Å². The first-order valence-electron chi connectivity index (χ1n) is 8.47. The highest BCUT2D eigenvalue weighted by atomic mass is 16.6. The van der Waals surface area contributed by atoms with Gasteiger partial charge in [-0.25, -0.2) is 9.59 Å². The summed E-state index contributed by atoms with van der Waals surface area (Å²) < 4.78 is 5.40. The SMILES string of the molecule is CCCN(C(=O)OC(C)(C)C)C(CC1CCCCC1)C(=O)O. The van der Waals surface area contributed by atoms with Gasteiger partial charge < -0.3 is 9.84 Å². The Morgan fingerprint density at radius 2 is 1.82 bits per heavy atom. The molecule has 5 heteroatoms. The molecule has 1 saturated carbocycles. The first kappa shape index (κ1) is 18.8. The van der Waals surface area contributed by atoms with Gasteiger partial charge in [0.25, 0.3) is 0 Å². The molecular formula is C17H31NO4. The maximum Gasteiger partial charge on any atom is 0.411 e. The largest absolute Gasteiger partial charge is 0.480 e. The van der Waals surface area contributed by atoms with Crippen LogP contribution < -0.4 is 0 Å². The van der Waals surface area contributed by atoms with E-state index >= 15 is 0 Å². The van der Waals surface area contributed by atoms with Gasteiger partial charge in [-0.2, -0.15) is 0 Å². The molecule has 0 bridgehead atoms. The summed E-state index contributed by atoms with van der Waals surface area (Å²) in [5.74, 6) is -0.526. The van der Waals surface area contributed by atoms with E-state index in [9.17, 15) is 14.7 Å². The fourth-order valence-electron chi connectivity index (χ4n) is 3.04. The predicted molar refractivity (Wildman–Crippen MR) is 85.8 cm³/mol. The molecule has 0 spiro atoms. The average molecular weight is 313 g/mol. The highest BCUT2D eigenvalue weighted by molar-refractivity contribution is 5.80. The van der Waals surface area contributed by atoms with E-state index in [2.05, 4.69) is 0 Å². The molecule has 0 aromatic rings. The third-order valence-corrected chi connectivity index (χ3v) is 4.04. The fraction of sp³-hybridized carbons (Fsp3) is 0.882. The van der Waals surface area contributed by atoms with Gasteiger partial charge in [-0.1, -0.05) is 39.0 Å². The maximum atomic E-state index is 12.4. The van der Waals surface area contributed by atoms with Gasteiger partial charge in [-0.15, -0.1) is 0 Å². The van der Waals surface area contributed by atoms with Gasteiger partial charge in [0.2, 0.25) is 0 Å². The van der Waals surface area contributed by atoms with Crippen LogP contribution in [0.15, 0.2) is 0 Å². The van der Waals surface area contributed by atoms with Crippen LogP contribution in [0.3, 0.4) is 0 Å². The molecule has 0 aliphatic heterocycles. The van der Waals surface area contributed by atoms with E-state index in [0.29, 0.717) is 25.3 Å². The van der Waals surface area contributed by atoms with Crippen LogP contribution in [0, 0.1) is 5.92 Å². The normalized spacial score (nSPS) is 17.8. The third kappa shape index (κ3) is 6.24. The van der Waals surface area contributed by atoms with E-state index in [4.69, 9.17) is 4.74 Å². The van der Waals surface area contributed by atoms with Crippen LogP contribution >= 0.6 is 0 Å². The second-order valence-electron chi connectivity index (χ2n) is 7.27. The molecule has 5 nitrogen and oxygen atoms in total. The van der Waals surface area contributed by atoms with Crippen molar-refractivity contribution in [2.45, 2.75) is 84.3 Å². The number of ether oxygens (including phenoxy) is 1. The van der Waals surface area contributed by atoms with E-state index < -0.39 is 23.7 Å². The smallest absolute Gasteiger partial charge is 0.411 e. The number of nitrogens with zero attached hydrogens (tertiary/aromatic N) is 1. The molecule has 1 N–H and O–H groups in total. The van der Waals surface area contributed by atoms with Gasteiger partial charge in [0, 0.05) is 6.54 Å². The van der Waals surface area contributed by atoms with E-state index in [1.165, 1.54) is 11.3 Å². The average Bonchev–Trinajstić information content (AvgIpc) is 2.41. The Kier molecular flexibility index (Phi) is 7.17. The quantitative estimate of drug-likeness (QED) is 0.803. The first-order chi connectivity index (χ1) is 10.2. The Morgan fingerprint density at radius 3 is 2.27 bits per heavy atom. The van der Waals surface area contributed by atoms with Gasteiger partial charge in [-0.05, 0) is 39.5 Å². The minimum Gasteiger partial charge on any atom is -0.480 e. The lowest BCUT2D eigenvalue weighted by molar-refractivity contribution is -0.144. The number of hydrogen-bond acceptors (Lipinski definition) is 3. The number of carboxylic acids is 1. The Bertz CT molecular complexity index is 369. The second kappa shape index (κ2) is 8.39. The summed E-state index contributed by atoms with van der Waals surface area (Å²) in [4.78, 5) is 25.5. The van der Waals surface area contributed by atoms with Gasteiger partial charge >= 0.3 is 12.1 Å². The maximum absolute atomic E-state index is 12.4. The van der Waals surface area contributed by atoms with Gasteiger partial charge in [0.15, 0.2) is 0 Å². The van der Waals surface area contributed by atoms with Crippen molar-refractivity contribution < 1.29 is 19.4 Å². The van der Waals surface area contributed by atoms with Gasteiger partial charge in [-0.3, -0.25) is 4.90 Å². The highest BCUT2D eigenvalue weighted by Crippen LogP contribution is 2.29. The monoisotopic (exact) mass is 313 g/mol. The van der Waals surface area contributed by atoms with Crippen LogP contribution in [0.4, 0.5) is 4.79 Å². The molecule has 0 radical (unpaired) electrons. The molecule has 0 aromatic heterocycles. The van der Waals surface area contributed by atoms with E-state index in [1.54, 1.807) is 20.8 Å². The molecule has 0 saturated heterocycles. The molecular weight excluding hydrogens is 282 g/mol. The van der Waals surface area contributed by atoms with Crippen LogP contribution in [-0.2, 0) is 9.53 Å². The number of carbonyl (C=O) groups is 2. The Labute approximate surface area is 134 Å². The zero-order valence-corrected chi connectivity index (χ0v) is 14.4. The molecule has 1 fully saturated rings. The van der Waals surface area contributed by atoms with Crippen molar-refractivity contribution in [2.24, 2.45) is 5.92 Å². The van der Waals surface area contributed by atoms with Crippen molar-refractivity contribution in [2.75, 3.05) is 6.54 Å². The topological polar surface area (TPSA) is 66.8 Å². The minimum atomic E-state index is -0.926. The summed E-state index contributed by atoms with van der Waals surface area (Å²) in [6, 6.07) is -0.780. The van der Waals surface area contributed by atoms with Gasteiger partial charge in [0.05, 0.1) is 0 Å². The zero-order chi connectivity index (χ0) is 16.8. The van der Waals surface area contributed by atoms with Crippen LogP contribution in [-0.4, -0.2) is 40.3 Å². The number of rotatable bonds is 6. The summed E-state index contributed by atoms with van der Waals surface area (Å²) >= 11 is 0. The number of hydrogen-bond donors (Lipinski definition) is 1. The first-order valence-corrected chi connectivity index (χ1v) is 8.47. The van der Waals surface area contributed by atoms with Crippen molar-refractivity contribution in [1.29, 1.82) is 0 Å². The predicted octanol–water partition coefficient (Wildman–Crippen LogP) is 4.06. The van der Waals surface area contributed by atoms with Crippen LogP contribution in [0.1, 0.15) is 72.6 Å². The summed E-state index contributed by atoms with van der Waals surface area (Å²) in [5.41, 5.74) is -0.614. The minimum absolute atomic E-state index is 0.400. The van der Waals surface area contributed by atoms with Crippen LogP contribution in [0.25, 0.3) is 0 Å². The Balaban J connectivity index is 2.81. The molecule has 1 aliphatic rings. The van der Waals surface area contributed by atoms with E-state index in [1.807, 2.05) is 6.92 Å². The molecule has 0 aromatic carbocycles. The lowest BCUT2D eigenvalue weighted by atomic mass is 9.84. The Morgan fingerprint density at radius 1 is 1.23 bits per heavy atom. The summed E-state index contributed by atoms with van der Waals surface area (Å²) in [5, 5.41) is 9.60. The molecule has 1 amide bonds. The fourth-order valence-corrected chi connectivity index (χ4v) is 3.04. The van der Waals surface area contributed by atoms with E-state index in [-0.39, 0.29) is 0 Å². The number of aliphatic carboxylic acids is 1. The molecule has 1 aliphatic carbocycles. The number of carboxylic acid groups (broad SMARTS) is 1. The highest BCUT2D eigenvalue weighted by Gasteiger charge is 2.34. The van der Waals surface area contributed by atoms with Crippen molar-refractivity contribution >= 4 is 12.1 Å². The molecule has 1 atom stereocenters. The molecule has 0 heterocycles. The molecule has 1 unspecified atom stereocenters. The van der Waals surface area contributed by atoms with Crippen molar-refractivity contribution in [3.63, 3.8) is 0 Å². The summed E-state index contributed by atoms with van der Waals surface area (Å²) in [6.07, 6.45) is 6.43. The lowest BCUT2D eigenvalue weighted by Gasteiger charge is -2.33. The standard InChI is InChI=1S/C17H31NO4/c1-5-11-18(16(21)22-17(2,3)4)14(15(19)20)12-13-9-7-6-8-10-13/h13-14H,5-12H2,1-4H3,(H,19,20). The van der Waals surface area contributed by atoms with Crippen LogP contribution in [0.2, 0.25) is 0 Å². The zero-order valence-electron chi connectivity index (χ0n) is 14.4. The third-order valence-electron chi connectivity index (χ3n) is 4.04. The van der Waals surface area contributed by atoms with Gasteiger partial charge in [0.1, 0.15) is 11.6 Å². The second-order valence-corrected chi connectivity index (χ2v) is 7.27. The van der Waals surface area contributed by atoms with Crippen molar-refractivity contribution in [3.8, 4) is 0 Å². The molecule has 128 valence electrons. The molecule has 1 rings (SSSR count). The Hall–Kier alpha value is -1.26. The summed E-state index contributed by atoms with van der Waals surface area (Å²) in [7, 11) is 0. The summed E-state index contributed by atoms with van der Waals surface area (Å²) in [6.45, 7) is 7.75. The molecule has 22 heavy (non-hydrogen) atoms. The number of amides is 1. The lowest BCUT2D eigenvalue weighted by Crippen LogP contribution is -2.48. The number of carbonyl (C=O) groups excluding carboxylic acids is 1. The van der Waals surface area contributed by atoms with E-state index in [0.717, 1.165) is 25.7 Å². The van der Waals surface area contributed by atoms with Crippen molar-refractivity contribution in [3.05, 3.63) is 0 Å². The van der Waals surface area contributed by atoms with Crippen LogP contribution in [0.5, 0.6) is 0 Å².